The molecule has 2 N–H and O–H groups in total. The fourth-order valence-electron chi connectivity index (χ4n) is 4.32. The van der Waals surface area contributed by atoms with Gasteiger partial charge in [-0.1, -0.05) is 49.7 Å². The highest BCUT2D eigenvalue weighted by Gasteiger charge is 2.17. The van der Waals surface area contributed by atoms with Crippen LogP contribution in [0.3, 0.4) is 0 Å². The summed E-state index contributed by atoms with van der Waals surface area (Å²) in [7, 11) is 0. The van der Waals surface area contributed by atoms with Crippen LogP contribution in [0, 0.1) is 13.8 Å². The molecule has 4 rings (SSSR count). The first-order valence-corrected chi connectivity index (χ1v) is 12.8. The van der Waals surface area contributed by atoms with Crippen molar-refractivity contribution in [1.29, 1.82) is 0 Å². The minimum Gasteiger partial charge on any atom is -0.356 e. The third kappa shape index (κ3) is 5.91. The Morgan fingerprint density at radius 1 is 0.895 bits per heavy atom. The van der Waals surface area contributed by atoms with Crippen LogP contribution >= 0.6 is 0 Å². The van der Waals surface area contributed by atoms with Gasteiger partial charge in [0.15, 0.2) is 0 Å². The SMILES string of the molecule is CCCCNC(=O)Cc1ccc(-n2c(=O)c3ccccc3n(CC(=O)Nc3cc(C)ccc3C)c2=O)cc1. The number of aryl methyl sites for hydroxylation is 2. The molecule has 0 spiro atoms. The number of hydrogen-bond donors (Lipinski definition) is 2. The molecule has 0 unspecified atom stereocenters. The van der Waals surface area contributed by atoms with Crippen molar-refractivity contribution in [2.24, 2.45) is 0 Å². The van der Waals surface area contributed by atoms with Gasteiger partial charge in [-0.2, -0.15) is 0 Å². The summed E-state index contributed by atoms with van der Waals surface area (Å²) in [6, 6.07) is 19.3. The second-order valence-electron chi connectivity index (χ2n) is 9.44. The molecule has 8 nitrogen and oxygen atoms in total. The summed E-state index contributed by atoms with van der Waals surface area (Å²) in [4.78, 5) is 52.1. The summed E-state index contributed by atoms with van der Waals surface area (Å²) in [6.07, 6.45) is 2.13. The third-order valence-electron chi connectivity index (χ3n) is 6.43. The number of nitrogens with zero attached hydrogens (tertiary/aromatic N) is 2. The van der Waals surface area contributed by atoms with Crippen molar-refractivity contribution in [3.63, 3.8) is 0 Å². The summed E-state index contributed by atoms with van der Waals surface area (Å²) in [6.45, 7) is 6.27. The zero-order chi connectivity index (χ0) is 27.2. The zero-order valence-electron chi connectivity index (χ0n) is 21.9. The van der Waals surface area contributed by atoms with E-state index in [0.29, 0.717) is 28.8 Å². The molecule has 2 amide bonds. The Labute approximate surface area is 220 Å². The van der Waals surface area contributed by atoms with E-state index in [4.69, 9.17) is 0 Å². The highest BCUT2D eigenvalue weighted by Crippen LogP contribution is 2.17. The first kappa shape index (κ1) is 26.6. The molecular weight excluding hydrogens is 480 g/mol. The fourth-order valence-corrected chi connectivity index (χ4v) is 4.32. The number of para-hydroxylation sites is 1. The van der Waals surface area contributed by atoms with Gasteiger partial charge in [-0.25, -0.2) is 9.36 Å². The Balaban J connectivity index is 1.67. The van der Waals surface area contributed by atoms with E-state index in [2.05, 4.69) is 17.6 Å². The highest BCUT2D eigenvalue weighted by atomic mass is 16.2. The summed E-state index contributed by atoms with van der Waals surface area (Å²) >= 11 is 0. The van der Waals surface area contributed by atoms with Crippen LogP contribution in [0.25, 0.3) is 16.6 Å². The molecule has 1 aromatic heterocycles. The number of nitrogens with one attached hydrogen (secondary N) is 2. The minimum absolute atomic E-state index is 0.0775. The van der Waals surface area contributed by atoms with Gasteiger partial charge in [0, 0.05) is 12.2 Å². The monoisotopic (exact) mass is 512 g/mol. The van der Waals surface area contributed by atoms with Crippen molar-refractivity contribution in [2.45, 2.75) is 46.6 Å². The third-order valence-corrected chi connectivity index (χ3v) is 6.43. The molecule has 0 radical (unpaired) electrons. The Hall–Kier alpha value is -4.46. The second-order valence-corrected chi connectivity index (χ2v) is 9.44. The van der Waals surface area contributed by atoms with E-state index in [0.717, 1.165) is 34.1 Å². The van der Waals surface area contributed by atoms with Gasteiger partial charge in [0.05, 0.1) is 23.0 Å². The van der Waals surface area contributed by atoms with Crippen LogP contribution in [-0.4, -0.2) is 27.5 Å². The van der Waals surface area contributed by atoms with E-state index in [1.807, 2.05) is 32.0 Å². The normalized spacial score (nSPS) is 10.9. The lowest BCUT2D eigenvalue weighted by Gasteiger charge is -2.15. The largest absolute Gasteiger partial charge is 0.356 e. The molecule has 8 heteroatoms. The average Bonchev–Trinajstić information content (AvgIpc) is 2.90. The van der Waals surface area contributed by atoms with Crippen molar-refractivity contribution in [1.82, 2.24) is 14.5 Å². The molecule has 38 heavy (non-hydrogen) atoms. The van der Waals surface area contributed by atoms with Gasteiger partial charge in [-0.15, -0.1) is 0 Å². The predicted molar refractivity (Wildman–Crippen MR) is 150 cm³/mol. The molecule has 0 bridgehead atoms. The second kappa shape index (κ2) is 11.7. The summed E-state index contributed by atoms with van der Waals surface area (Å²) < 4.78 is 2.38. The number of fused-ring (bicyclic) bond motifs is 1. The van der Waals surface area contributed by atoms with E-state index < -0.39 is 11.2 Å². The van der Waals surface area contributed by atoms with Crippen LogP contribution in [0.5, 0.6) is 0 Å². The van der Waals surface area contributed by atoms with E-state index in [9.17, 15) is 19.2 Å². The lowest BCUT2D eigenvalue weighted by molar-refractivity contribution is -0.120. The quantitative estimate of drug-likeness (QED) is 0.333. The Morgan fingerprint density at radius 2 is 1.63 bits per heavy atom. The number of anilines is 1. The van der Waals surface area contributed by atoms with E-state index >= 15 is 0 Å². The number of unbranched alkanes of at least 4 members (excludes halogenated alkanes) is 1. The molecule has 0 aliphatic carbocycles. The van der Waals surface area contributed by atoms with Crippen molar-refractivity contribution in [2.75, 3.05) is 11.9 Å². The number of amides is 2. The molecule has 0 aliphatic rings. The summed E-state index contributed by atoms with van der Waals surface area (Å²) in [5.74, 6) is -0.452. The van der Waals surface area contributed by atoms with Gasteiger partial charge in [-0.05, 0) is 67.3 Å². The van der Waals surface area contributed by atoms with Gasteiger partial charge in [0.1, 0.15) is 6.54 Å². The van der Waals surface area contributed by atoms with Gasteiger partial charge < -0.3 is 10.6 Å². The van der Waals surface area contributed by atoms with E-state index in [1.54, 1.807) is 48.5 Å². The molecule has 0 saturated heterocycles. The lowest BCUT2D eigenvalue weighted by atomic mass is 10.1. The van der Waals surface area contributed by atoms with Crippen molar-refractivity contribution < 1.29 is 9.59 Å². The molecule has 0 aliphatic heterocycles. The standard InChI is InChI=1S/C30H32N4O4/c1-4-5-16-31-27(35)18-22-12-14-23(15-13-22)34-29(37)24-8-6-7-9-26(24)33(30(34)38)19-28(36)32-25-17-20(2)10-11-21(25)3/h6-15,17H,4-5,16,18-19H2,1-3H3,(H,31,35)(H,32,36). The number of hydrogen-bond acceptors (Lipinski definition) is 4. The maximum Gasteiger partial charge on any atom is 0.336 e. The number of carbonyl (C=O) groups is 2. The van der Waals surface area contributed by atoms with Crippen LogP contribution in [-0.2, 0) is 22.6 Å². The predicted octanol–water partition coefficient (Wildman–Crippen LogP) is 3.87. The van der Waals surface area contributed by atoms with Gasteiger partial charge in [-0.3, -0.25) is 19.0 Å². The van der Waals surface area contributed by atoms with Crippen molar-refractivity contribution in [3.05, 3.63) is 104 Å². The molecule has 3 aromatic carbocycles. The lowest BCUT2D eigenvalue weighted by Crippen LogP contribution is -2.40. The average molecular weight is 513 g/mol. The Kier molecular flexibility index (Phi) is 8.21. The van der Waals surface area contributed by atoms with E-state index in [1.165, 1.54) is 4.57 Å². The maximum atomic E-state index is 13.6. The minimum atomic E-state index is -0.616. The van der Waals surface area contributed by atoms with Gasteiger partial charge >= 0.3 is 5.69 Å². The molecule has 1 heterocycles. The van der Waals surface area contributed by atoms with Crippen LogP contribution in [0.15, 0.2) is 76.3 Å². The van der Waals surface area contributed by atoms with Crippen LogP contribution in [0.4, 0.5) is 5.69 Å². The van der Waals surface area contributed by atoms with Crippen LogP contribution < -0.4 is 21.9 Å². The molecule has 196 valence electrons. The van der Waals surface area contributed by atoms with Crippen LogP contribution in [0.2, 0.25) is 0 Å². The van der Waals surface area contributed by atoms with Crippen molar-refractivity contribution in [3.8, 4) is 5.69 Å². The first-order valence-electron chi connectivity index (χ1n) is 12.8. The first-order chi connectivity index (χ1) is 18.3. The highest BCUT2D eigenvalue weighted by molar-refractivity contribution is 5.92. The summed E-state index contributed by atoms with van der Waals surface area (Å²) in [5.41, 5.74) is 3.02. The number of aromatic nitrogens is 2. The molecule has 0 fully saturated rings. The summed E-state index contributed by atoms with van der Waals surface area (Å²) in [5, 5.41) is 6.09. The van der Waals surface area contributed by atoms with E-state index in [-0.39, 0.29) is 24.8 Å². The van der Waals surface area contributed by atoms with Gasteiger partial charge in [0.2, 0.25) is 11.8 Å². The number of rotatable bonds is 9. The Morgan fingerprint density at radius 3 is 2.37 bits per heavy atom. The zero-order valence-corrected chi connectivity index (χ0v) is 21.9. The number of carbonyl (C=O) groups excluding carboxylic acids is 2. The molecule has 4 aromatic rings. The Bertz CT molecular complexity index is 1600. The molecule has 0 saturated carbocycles. The fraction of sp³-hybridized carbons (Fsp3) is 0.267. The molecular formula is C30H32N4O4. The maximum absolute atomic E-state index is 13.6. The smallest absolute Gasteiger partial charge is 0.336 e. The molecule has 0 atom stereocenters. The van der Waals surface area contributed by atoms with Crippen molar-refractivity contribution >= 4 is 28.4 Å². The number of benzene rings is 3. The van der Waals surface area contributed by atoms with Gasteiger partial charge in [0.25, 0.3) is 5.56 Å². The topological polar surface area (TPSA) is 102 Å². The van der Waals surface area contributed by atoms with Crippen LogP contribution in [0.1, 0.15) is 36.5 Å².